The fourth-order valence-electron chi connectivity index (χ4n) is 1.52. The van der Waals surface area contributed by atoms with E-state index < -0.39 is 17.8 Å². The van der Waals surface area contributed by atoms with Crippen molar-refractivity contribution in [3.63, 3.8) is 0 Å². The quantitative estimate of drug-likeness (QED) is 0.679. The molecule has 1 aromatic heterocycles. The highest BCUT2D eigenvalue weighted by molar-refractivity contribution is 6.04. The average molecular weight is 262 g/mol. The van der Waals surface area contributed by atoms with E-state index in [0.29, 0.717) is 5.56 Å². The average Bonchev–Trinajstić information content (AvgIpc) is 2.87. The maximum Gasteiger partial charge on any atom is 0.316 e. The topological polar surface area (TPSA) is 100 Å². The second-order valence-corrected chi connectivity index (χ2v) is 3.71. The molecule has 0 aliphatic rings. The summed E-state index contributed by atoms with van der Waals surface area (Å²) in [5.74, 6) is -1.22. The molecule has 1 aromatic carbocycles. The van der Waals surface area contributed by atoms with Crippen LogP contribution in [-0.2, 0) is 0 Å². The van der Waals surface area contributed by atoms with Gasteiger partial charge in [-0.25, -0.2) is 9.18 Å². The van der Waals surface area contributed by atoms with Gasteiger partial charge in [0.15, 0.2) is 5.82 Å². The first-order chi connectivity index (χ1) is 9.08. The van der Waals surface area contributed by atoms with Gasteiger partial charge in [-0.15, -0.1) is 0 Å². The minimum Gasteiger partial charge on any atom is -0.367 e. The molecule has 0 saturated heterocycles. The molecule has 0 bridgehead atoms. The smallest absolute Gasteiger partial charge is 0.316 e. The van der Waals surface area contributed by atoms with Gasteiger partial charge in [-0.3, -0.25) is 4.79 Å². The number of carbonyl (C=O) groups excluding carboxylic acids is 2. The van der Waals surface area contributed by atoms with Crippen molar-refractivity contribution >= 4 is 23.3 Å². The third-order valence-corrected chi connectivity index (χ3v) is 2.36. The van der Waals surface area contributed by atoms with Crippen molar-refractivity contribution in [3.8, 4) is 0 Å². The van der Waals surface area contributed by atoms with E-state index in [1.165, 1.54) is 24.4 Å². The number of anilines is 2. The van der Waals surface area contributed by atoms with Crippen molar-refractivity contribution in [1.82, 2.24) is 4.98 Å². The van der Waals surface area contributed by atoms with E-state index in [1.807, 2.05) is 0 Å². The van der Waals surface area contributed by atoms with Crippen molar-refractivity contribution in [2.24, 2.45) is 5.73 Å². The van der Waals surface area contributed by atoms with Crippen molar-refractivity contribution in [3.05, 3.63) is 48.0 Å². The van der Waals surface area contributed by atoms with Crippen LogP contribution in [0.25, 0.3) is 0 Å². The first-order valence-electron chi connectivity index (χ1n) is 5.37. The molecule has 0 unspecified atom stereocenters. The Morgan fingerprint density at radius 3 is 2.42 bits per heavy atom. The van der Waals surface area contributed by atoms with E-state index in [0.717, 1.165) is 0 Å². The van der Waals surface area contributed by atoms with Gasteiger partial charge in [-0.2, -0.15) is 0 Å². The second-order valence-electron chi connectivity index (χ2n) is 3.71. The van der Waals surface area contributed by atoms with Crippen LogP contribution in [0.3, 0.4) is 0 Å². The minimum atomic E-state index is -0.881. The zero-order valence-electron chi connectivity index (χ0n) is 9.74. The third-order valence-electron chi connectivity index (χ3n) is 2.36. The maximum absolute atomic E-state index is 13.9. The van der Waals surface area contributed by atoms with Gasteiger partial charge in [-0.05, 0) is 18.2 Å². The summed E-state index contributed by atoms with van der Waals surface area (Å²) in [6, 6.07) is 4.88. The molecule has 2 aromatic rings. The fraction of sp³-hybridized carbons (Fsp3) is 0. The molecule has 0 radical (unpaired) electrons. The number of carbonyl (C=O) groups is 2. The standard InChI is InChI=1S/C12H11FN4O2/c13-10-8(2-1-3-9(10)17-12(14)19)16-11(18)7-4-5-15-6-7/h1-6,15H,(H,16,18)(H3,14,17,19). The number of primary amides is 1. The Morgan fingerprint density at radius 2 is 1.84 bits per heavy atom. The number of hydrogen-bond donors (Lipinski definition) is 4. The summed E-state index contributed by atoms with van der Waals surface area (Å²) in [6.45, 7) is 0. The van der Waals surface area contributed by atoms with Crippen molar-refractivity contribution in [1.29, 1.82) is 0 Å². The number of hydrogen-bond acceptors (Lipinski definition) is 2. The van der Waals surface area contributed by atoms with Gasteiger partial charge in [0.05, 0.1) is 16.9 Å². The minimum absolute atomic E-state index is 0.0440. The van der Waals surface area contributed by atoms with Gasteiger partial charge in [0, 0.05) is 12.4 Å². The van der Waals surface area contributed by atoms with Crippen LogP contribution in [0.2, 0.25) is 0 Å². The molecule has 1 heterocycles. The number of nitrogens with one attached hydrogen (secondary N) is 3. The lowest BCUT2D eigenvalue weighted by Gasteiger charge is -2.09. The highest BCUT2D eigenvalue weighted by atomic mass is 19.1. The van der Waals surface area contributed by atoms with E-state index >= 15 is 0 Å². The maximum atomic E-state index is 13.9. The molecule has 0 spiro atoms. The molecule has 0 aliphatic heterocycles. The van der Waals surface area contributed by atoms with Gasteiger partial charge < -0.3 is 21.4 Å². The number of aromatic nitrogens is 1. The van der Waals surface area contributed by atoms with Crippen LogP contribution in [0, 0.1) is 5.82 Å². The predicted molar refractivity (Wildman–Crippen MR) is 68.4 cm³/mol. The van der Waals surface area contributed by atoms with E-state index in [-0.39, 0.29) is 11.4 Å². The lowest BCUT2D eigenvalue weighted by molar-refractivity contribution is 0.102. The molecule has 7 heteroatoms. The van der Waals surface area contributed by atoms with Crippen LogP contribution in [0.1, 0.15) is 10.4 Å². The summed E-state index contributed by atoms with van der Waals surface area (Å²) in [4.78, 5) is 25.2. The lowest BCUT2D eigenvalue weighted by Crippen LogP contribution is -2.20. The highest BCUT2D eigenvalue weighted by Crippen LogP contribution is 2.22. The summed E-state index contributed by atoms with van der Waals surface area (Å²) >= 11 is 0. The van der Waals surface area contributed by atoms with Crippen LogP contribution >= 0.6 is 0 Å². The molecule has 98 valence electrons. The number of rotatable bonds is 3. The third kappa shape index (κ3) is 2.89. The van der Waals surface area contributed by atoms with Gasteiger partial charge in [0.2, 0.25) is 0 Å². The molecule has 0 atom stereocenters. The summed E-state index contributed by atoms with van der Waals surface area (Å²) < 4.78 is 13.9. The number of amides is 3. The van der Waals surface area contributed by atoms with Crippen LogP contribution in [0.15, 0.2) is 36.7 Å². The van der Waals surface area contributed by atoms with E-state index in [2.05, 4.69) is 15.6 Å². The van der Waals surface area contributed by atoms with Crippen LogP contribution in [-0.4, -0.2) is 16.9 Å². The highest BCUT2D eigenvalue weighted by Gasteiger charge is 2.13. The number of H-pyrrole nitrogens is 1. The van der Waals surface area contributed by atoms with E-state index in [4.69, 9.17) is 5.73 Å². The number of halogens is 1. The molecular formula is C12H11FN4O2. The summed E-state index contributed by atoms with van der Waals surface area (Å²) in [6.07, 6.45) is 3.06. The number of benzene rings is 1. The van der Waals surface area contributed by atoms with Crippen LogP contribution < -0.4 is 16.4 Å². The van der Waals surface area contributed by atoms with Crippen LogP contribution in [0.4, 0.5) is 20.6 Å². The molecule has 2 rings (SSSR count). The fourth-order valence-corrected chi connectivity index (χ4v) is 1.52. The van der Waals surface area contributed by atoms with Crippen molar-refractivity contribution in [2.75, 3.05) is 10.6 Å². The molecule has 0 saturated carbocycles. The Bertz CT molecular complexity index is 610. The van der Waals surface area contributed by atoms with E-state index in [9.17, 15) is 14.0 Å². The predicted octanol–water partition coefficient (Wildman–Crippen LogP) is 1.90. The Kier molecular flexibility index (Phi) is 3.46. The summed E-state index contributed by atoms with van der Waals surface area (Å²) in [7, 11) is 0. The van der Waals surface area contributed by atoms with Gasteiger partial charge >= 0.3 is 6.03 Å². The molecule has 0 aliphatic carbocycles. The zero-order chi connectivity index (χ0) is 13.8. The first kappa shape index (κ1) is 12.6. The first-order valence-corrected chi connectivity index (χ1v) is 5.37. The normalized spacial score (nSPS) is 9.95. The zero-order valence-corrected chi connectivity index (χ0v) is 9.74. The number of aromatic amines is 1. The monoisotopic (exact) mass is 262 g/mol. The summed E-state index contributed by atoms with van der Waals surface area (Å²) in [5.41, 5.74) is 5.14. The van der Waals surface area contributed by atoms with Gasteiger partial charge in [-0.1, -0.05) is 6.07 Å². The Morgan fingerprint density at radius 1 is 1.16 bits per heavy atom. The number of nitrogens with two attached hydrogens (primary N) is 1. The molecule has 5 N–H and O–H groups in total. The number of urea groups is 1. The molecule has 19 heavy (non-hydrogen) atoms. The van der Waals surface area contributed by atoms with Crippen molar-refractivity contribution < 1.29 is 14.0 Å². The molecule has 6 nitrogen and oxygen atoms in total. The van der Waals surface area contributed by atoms with Gasteiger partial charge in [0.25, 0.3) is 5.91 Å². The lowest BCUT2D eigenvalue weighted by atomic mass is 10.2. The Balaban J connectivity index is 2.21. The molecular weight excluding hydrogens is 251 g/mol. The molecule has 3 amide bonds. The van der Waals surface area contributed by atoms with Crippen LogP contribution in [0.5, 0.6) is 0 Å². The molecule has 0 fully saturated rings. The van der Waals surface area contributed by atoms with E-state index in [1.54, 1.807) is 12.3 Å². The summed E-state index contributed by atoms with van der Waals surface area (Å²) in [5, 5.41) is 4.53. The van der Waals surface area contributed by atoms with Gasteiger partial charge in [0.1, 0.15) is 0 Å². The largest absolute Gasteiger partial charge is 0.367 e. The SMILES string of the molecule is NC(=O)Nc1cccc(NC(=O)c2cc[nH]c2)c1F. The Hall–Kier alpha value is -2.83. The Labute approximate surface area is 107 Å². The second kappa shape index (κ2) is 5.21. The van der Waals surface area contributed by atoms with Crippen molar-refractivity contribution in [2.45, 2.75) is 0 Å².